The molecule has 1 aromatic carbocycles. The van der Waals surface area contributed by atoms with Gasteiger partial charge in [-0.25, -0.2) is 0 Å². The largest absolute Gasteiger partial charge is 0.312 e. The molecule has 3 nitrogen and oxygen atoms in total. The van der Waals surface area contributed by atoms with E-state index in [1.807, 2.05) is 18.2 Å². The van der Waals surface area contributed by atoms with E-state index in [9.17, 15) is 0 Å². The van der Waals surface area contributed by atoms with Gasteiger partial charge in [-0.3, -0.25) is 9.80 Å². The zero-order valence-electron chi connectivity index (χ0n) is 12.5. The maximum Gasteiger partial charge on any atom is 0.0453 e. The zero-order valence-corrected chi connectivity index (χ0v) is 14.0. The minimum Gasteiger partial charge on any atom is -0.312 e. The Hall–Kier alpha value is -0.320. The van der Waals surface area contributed by atoms with Crippen LogP contribution in [-0.2, 0) is 6.42 Å². The highest BCUT2D eigenvalue weighted by Gasteiger charge is 2.36. The lowest BCUT2D eigenvalue weighted by Crippen LogP contribution is -2.66. The van der Waals surface area contributed by atoms with Crippen LogP contribution in [0.4, 0.5) is 0 Å². The SMILES string of the molecule is CCNC(Cc1c(Cl)cccc1Cl)C1CN2CCN1CC2. The fourth-order valence-corrected chi connectivity index (χ4v) is 4.14. The fraction of sp³-hybridized carbons (Fsp3) is 0.625. The topological polar surface area (TPSA) is 18.5 Å². The third-order valence-corrected chi connectivity index (χ3v) is 5.45. The van der Waals surface area contributed by atoms with Gasteiger partial charge in [-0.15, -0.1) is 0 Å². The highest BCUT2D eigenvalue weighted by atomic mass is 35.5. The molecule has 2 unspecified atom stereocenters. The van der Waals surface area contributed by atoms with Crippen molar-refractivity contribution >= 4 is 23.2 Å². The summed E-state index contributed by atoms with van der Waals surface area (Å²) in [6.07, 6.45) is 0.890. The van der Waals surface area contributed by atoms with Gasteiger partial charge in [0.1, 0.15) is 0 Å². The zero-order chi connectivity index (χ0) is 14.8. The molecule has 4 rings (SSSR count). The van der Waals surface area contributed by atoms with Crippen LogP contribution in [0.3, 0.4) is 0 Å². The molecule has 21 heavy (non-hydrogen) atoms. The molecular weight excluding hydrogens is 305 g/mol. The first-order chi connectivity index (χ1) is 10.2. The number of hydrogen-bond donors (Lipinski definition) is 1. The minimum absolute atomic E-state index is 0.399. The van der Waals surface area contributed by atoms with Crippen LogP contribution in [0.25, 0.3) is 0 Å². The predicted molar refractivity (Wildman–Crippen MR) is 89.4 cm³/mol. The Morgan fingerprint density at radius 1 is 1.19 bits per heavy atom. The van der Waals surface area contributed by atoms with Crippen LogP contribution >= 0.6 is 23.2 Å². The number of halogens is 2. The first kappa shape index (κ1) is 15.6. The number of piperazine rings is 3. The van der Waals surface area contributed by atoms with Gasteiger partial charge in [-0.05, 0) is 30.7 Å². The van der Waals surface area contributed by atoms with Gasteiger partial charge < -0.3 is 5.32 Å². The lowest BCUT2D eigenvalue weighted by molar-refractivity contribution is -0.00288. The van der Waals surface area contributed by atoms with Crippen LogP contribution in [0, 0.1) is 0 Å². The molecule has 2 atom stereocenters. The molecule has 0 aliphatic carbocycles. The van der Waals surface area contributed by atoms with Crippen LogP contribution in [0.2, 0.25) is 10.0 Å². The second kappa shape index (κ2) is 6.84. The Morgan fingerprint density at radius 2 is 1.86 bits per heavy atom. The maximum absolute atomic E-state index is 6.36. The van der Waals surface area contributed by atoms with Gasteiger partial charge in [-0.2, -0.15) is 0 Å². The van der Waals surface area contributed by atoms with E-state index in [4.69, 9.17) is 23.2 Å². The summed E-state index contributed by atoms with van der Waals surface area (Å²) in [4.78, 5) is 5.20. The second-order valence-corrected chi connectivity index (χ2v) is 6.79. The fourth-order valence-electron chi connectivity index (χ4n) is 3.59. The molecule has 3 aliphatic heterocycles. The van der Waals surface area contributed by atoms with Crippen molar-refractivity contribution in [3.63, 3.8) is 0 Å². The van der Waals surface area contributed by atoms with Gasteiger partial charge in [0.2, 0.25) is 0 Å². The minimum atomic E-state index is 0.399. The van der Waals surface area contributed by atoms with Crippen LogP contribution in [0.1, 0.15) is 12.5 Å². The van der Waals surface area contributed by atoms with Crippen molar-refractivity contribution in [3.05, 3.63) is 33.8 Å². The highest BCUT2D eigenvalue weighted by molar-refractivity contribution is 6.36. The molecule has 116 valence electrons. The highest BCUT2D eigenvalue weighted by Crippen LogP contribution is 2.28. The number of likely N-dealkylation sites (N-methyl/N-ethyl adjacent to an activating group) is 1. The average Bonchev–Trinajstić information content (AvgIpc) is 2.51. The Kier molecular flexibility index (Phi) is 5.07. The van der Waals surface area contributed by atoms with E-state index < -0.39 is 0 Å². The number of benzene rings is 1. The summed E-state index contributed by atoms with van der Waals surface area (Å²) in [5.74, 6) is 0. The summed E-state index contributed by atoms with van der Waals surface area (Å²) in [6.45, 7) is 9.07. The molecule has 3 aliphatic rings. The Bertz CT molecular complexity index is 466. The number of fused-ring (bicyclic) bond motifs is 3. The summed E-state index contributed by atoms with van der Waals surface area (Å²) in [6, 6.07) is 6.73. The number of rotatable bonds is 5. The summed E-state index contributed by atoms with van der Waals surface area (Å²) >= 11 is 12.7. The van der Waals surface area contributed by atoms with Gasteiger partial charge in [0, 0.05) is 54.9 Å². The summed E-state index contributed by atoms with van der Waals surface area (Å²) in [5.41, 5.74) is 1.07. The summed E-state index contributed by atoms with van der Waals surface area (Å²) < 4.78 is 0. The molecule has 0 amide bonds. The number of hydrogen-bond acceptors (Lipinski definition) is 3. The lowest BCUT2D eigenvalue weighted by atomic mass is 9.94. The van der Waals surface area contributed by atoms with Gasteiger partial charge in [0.15, 0.2) is 0 Å². The molecule has 1 N–H and O–H groups in total. The van der Waals surface area contributed by atoms with Crippen LogP contribution in [-0.4, -0.2) is 61.2 Å². The molecule has 3 fully saturated rings. The van der Waals surface area contributed by atoms with E-state index in [1.54, 1.807) is 0 Å². The average molecular weight is 328 g/mol. The third kappa shape index (κ3) is 3.38. The van der Waals surface area contributed by atoms with E-state index in [2.05, 4.69) is 22.0 Å². The van der Waals surface area contributed by atoms with Gasteiger partial charge in [-0.1, -0.05) is 36.2 Å². The molecule has 0 aromatic heterocycles. The molecule has 3 heterocycles. The number of nitrogens with zero attached hydrogens (tertiary/aromatic N) is 2. The smallest absolute Gasteiger partial charge is 0.0453 e. The second-order valence-electron chi connectivity index (χ2n) is 5.97. The Morgan fingerprint density at radius 3 is 2.38 bits per heavy atom. The molecular formula is C16H23Cl2N3. The van der Waals surface area contributed by atoms with E-state index >= 15 is 0 Å². The molecule has 3 saturated heterocycles. The van der Waals surface area contributed by atoms with Crippen molar-refractivity contribution in [1.82, 2.24) is 15.1 Å². The van der Waals surface area contributed by atoms with Gasteiger partial charge >= 0.3 is 0 Å². The van der Waals surface area contributed by atoms with Crippen LogP contribution < -0.4 is 5.32 Å². The van der Waals surface area contributed by atoms with E-state index in [1.165, 1.54) is 26.2 Å². The first-order valence-electron chi connectivity index (χ1n) is 7.81. The van der Waals surface area contributed by atoms with Gasteiger partial charge in [0.05, 0.1) is 0 Å². The standard InChI is InChI=1S/C16H23Cl2N3/c1-2-19-15(10-12-13(17)4-3-5-14(12)18)16-11-20-6-8-21(16)9-7-20/h3-5,15-16,19H,2,6-11H2,1H3. The van der Waals surface area contributed by atoms with Crippen molar-refractivity contribution in [2.75, 3.05) is 39.3 Å². The van der Waals surface area contributed by atoms with Crippen molar-refractivity contribution in [3.8, 4) is 0 Å². The van der Waals surface area contributed by atoms with Crippen molar-refractivity contribution in [1.29, 1.82) is 0 Å². The molecule has 0 spiro atoms. The van der Waals surface area contributed by atoms with Crippen molar-refractivity contribution in [2.45, 2.75) is 25.4 Å². The molecule has 5 heteroatoms. The van der Waals surface area contributed by atoms with E-state index in [0.717, 1.165) is 35.1 Å². The molecule has 0 radical (unpaired) electrons. The monoisotopic (exact) mass is 327 g/mol. The first-order valence-corrected chi connectivity index (χ1v) is 8.57. The normalized spacial score (nSPS) is 29.6. The lowest BCUT2D eigenvalue weighted by Gasteiger charge is -2.50. The molecule has 2 bridgehead atoms. The predicted octanol–water partition coefficient (Wildman–Crippen LogP) is 2.51. The van der Waals surface area contributed by atoms with Crippen molar-refractivity contribution < 1.29 is 0 Å². The maximum atomic E-state index is 6.36. The Balaban J connectivity index is 1.78. The Labute approximate surface area is 137 Å². The third-order valence-electron chi connectivity index (χ3n) is 4.74. The molecule has 0 saturated carbocycles. The summed E-state index contributed by atoms with van der Waals surface area (Å²) in [5, 5.41) is 5.21. The van der Waals surface area contributed by atoms with Gasteiger partial charge in [0.25, 0.3) is 0 Å². The number of nitrogens with one attached hydrogen (secondary N) is 1. The molecule has 1 aromatic rings. The van der Waals surface area contributed by atoms with Crippen LogP contribution in [0.5, 0.6) is 0 Å². The van der Waals surface area contributed by atoms with E-state index in [0.29, 0.717) is 12.1 Å². The summed E-state index contributed by atoms with van der Waals surface area (Å²) in [7, 11) is 0. The van der Waals surface area contributed by atoms with Crippen molar-refractivity contribution in [2.24, 2.45) is 0 Å². The quantitative estimate of drug-likeness (QED) is 0.896. The van der Waals surface area contributed by atoms with Crippen LogP contribution in [0.15, 0.2) is 18.2 Å². The van der Waals surface area contributed by atoms with E-state index in [-0.39, 0.29) is 0 Å².